The summed E-state index contributed by atoms with van der Waals surface area (Å²) in [6.45, 7) is 0.521. The van der Waals surface area contributed by atoms with Crippen molar-refractivity contribution < 1.29 is 24.6 Å². The molecule has 1 amide bonds. The zero-order chi connectivity index (χ0) is 17.5. The number of amides is 1. The Balaban J connectivity index is 0. The van der Waals surface area contributed by atoms with E-state index in [9.17, 15) is 14.4 Å². The maximum absolute atomic E-state index is 11.7. The van der Waals surface area contributed by atoms with Gasteiger partial charge in [0.1, 0.15) is 6.04 Å². The Kier molecular flexibility index (Phi) is 19.5. The molecule has 0 fully saturated rings. The van der Waals surface area contributed by atoms with Crippen LogP contribution in [0.4, 0.5) is 0 Å². The molecular weight excluding hydrogens is 339 g/mol. The number of hydrogen-bond donors (Lipinski definition) is 4. The quantitative estimate of drug-likeness (QED) is 0.253. The molecule has 24 heavy (non-hydrogen) atoms. The van der Waals surface area contributed by atoms with Crippen molar-refractivity contribution in [2.45, 2.75) is 76.7 Å². The Morgan fingerprint density at radius 1 is 0.833 bits per heavy atom. The molecule has 7 nitrogen and oxygen atoms in total. The van der Waals surface area contributed by atoms with Gasteiger partial charge in [0.05, 0.1) is 0 Å². The second kappa shape index (κ2) is 17.8. The van der Waals surface area contributed by atoms with Crippen molar-refractivity contribution in [3.8, 4) is 0 Å². The van der Waals surface area contributed by atoms with Crippen molar-refractivity contribution in [1.82, 2.24) is 5.32 Å². The van der Waals surface area contributed by atoms with Crippen LogP contribution < -0.4 is 11.1 Å². The SMILES string of the molecule is NCCCC[C@H](NC(=O)CCCCCCCCC(=O)O)C(=O)O.[KH]. The fraction of sp³-hybridized carbons (Fsp3) is 0.812. The third-order valence-electron chi connectivity index (χ3n) is 3.62. The van der Waals surface area contributed by atoms with Gasteiger partial charge in [0.25, 0.3) is 0 Å². The van der Waals surface area contributed by atoms with Crippen LogP contribution in [0.1, 0.15) is 70.6 Å². The van der Waals surface area contributed by atoms with E-state index in [1.54, 1.807) is 0 Å². The van der Waals surface area contributed by atoms with E-state index in [4.69, 9.17) is 15.9 Å². The zero-order valence-corrected chi connectivity index (χ0v) is 13.8. The number of carbonyl (C=O) groups excluding carboxylic acids is 1. The van der Waals surface area contributed by atoms with Crippen molar-refractivity contribution in [3.63, 3.8) is 0 Å². The van der Waals surface area contributed by atoms with Gasteiger partial charge in [0.15, 0.2) is 0 Å². The number of aliphatic carboxylic acids is 2. The summed E-state index contributed by atoms with van der Waals surface area (Å²) in [5.74, 6) is -1.99. The molecule has 0 aromatic heterocycles. The van der Waals surface area contributed by atoms with E-state index in [0.29, 0.717) is 32.2 Å². The van der Waals surface area contributed by atoms with E-state index in [-0.39, 0.29) is 63.7 Å². The van der Waals surface area contributed by atoms with Gasteiger partial charge in [-0.2, -0.15) is 0 Å². The van der Waals surface area contributed by atoms with Gasteiger partial charge in [0.2, 0.25) is 5.91 Å². The van der Waals surface area contributed by atoms with E-state index in [1.807, 2.05) is 0 Å². The second-order valence-electron chi connectivity index (χ2n) is 5.76. The normalized spacial score (nSPS) is 11.4. The van der Waals surface area contributed by atoms with Gasteiger partial charge in [-0.25, -0.2) is 4.79 Å². The Morgan fingerprint density at radius 2 is 1.38 bits per heavy atom. The summed E-state index contributed by atoms with van der Waals surface area (Å²) >= 11 is 0. The van der Waals surface area contributed by atoms with Crippen LogP contribution in [0.5, 0.6) is 0 Å². The number of nitrogens with two attached hydrogens (primary N) is 1. The van der Waals surface area contributed by atoms with Crippen LogP contribution in [-0.2, 0) is 14.4 Å². The molecule has 0 aliphatic heterocycles. The first-order valence-corrected chi connectivity index (χ1v) is 8.41. The standard InChI is InChI=1S/C16H30N2O5.K.H/c17-12-8-7-9-13(16(22)23)18-14(19)10-5-3-1-2-4-6-11-15(20)21;;/h13H,1-12,17H2,(H,18,19)(H,20,21)(H,22,23);;/t13-;;/m0../s1. The van der Waals surface area contributed by atoms with Crippen LogP contribution in [0.2, 0.25) is 0 Å². The molecule has 0 unspecified atom stereocenters. The molecule has 0 spiro atoms. The number of unbranched alkanes of at least 4 members (excludes halogenated alkanes) is 6. The van der Waals surface area contributed by atoms with Gasteiger partial charge in [0, 0.05) is 12.8 Å². The third-order valence-corrected chi connectivity index (χ3v) is 3.62. The number of carboxylic acid groups (broad SMARTS) is 2. The van der Waals surface area contributed by atoms with Crippen molar-refractivity contribution in [3.05, 3.63) is 0 Å². The molecule has 5 N–H and O–H groups in total. The average Bonchev–Trinajstić information content (AvgIpc) is 2.48. The first-order valence-electron chi connectivity index (χ1n) is 8.41. The molecule has 0 aromatic carbocycles. The van der Waals surface area contributed by atoms with Gasteiger partial charge in [-0.05, 0) is 38.6 Å². The van der Waals surface area contributed by atoms with E-state index < -0.39 is 18.0 Å². The maximum atomic E-state index is 11.7. The third kappa shape index (κ3) is 16.8. The molecule has 0 aromatic rings. The van der Waals surface area contributed by atoms with Gasteiger partial charge in [-0.3, -0.25) is 9.59 Å². The summed E-state index contributed by atoms with van der Waals surface area (Å²) in [4.78, 5) is 33.1. The van der Waals surface area contributed by atoms with Gasteiger partial charge >= 0.3 is 63.3 Å². The molecule has 0 heterocycles. The predicted molar refractivity (Wildman–Crippen MR) is 94.2 cm³/mol. The fourth-order valence-electron chi connectivity index (χ4n) is 2.29. The van der Waals surface area contributed by atoms with Crippen LogP contribution >= 0.6 is 0 Å². The minimum atomic E-state index is -1.01. The number of rotatable bonds is 15. The molecule has 8 heteroatoms. The van der Waals surface area contributed by atoms with Crippen molar-refractivity contribution in [2.24, 2.45) is 5.73 Å². The summed E-state index contributed by atoms with van der Waals surface area (Å²) < 4.78 is 0. The molecule has 1 atom stereocenters. The molecule has 0 aliphatic rings. The van der Waals surface area contributed by atoms with E-state index in [1.165, 1.54) is 0 Å². The molecule has 136 valence electrons. The molecule has 0 rings (SSSR count). The average molecular weight is 371 g/mol. The van der Waals surface area contributed by atoms with Crippen LogP contribution in [0.25, 0.3) is 0 Å². The van der Waals surface area contributed by atoms with Crippen molar-refractivity contribution in [2.75, 3.05) is 6.54 Å². The first-order chi connectivity index (χ1) is 11.0. The minimum absolute atomic E-state index is 0. The predicted octanol–water partition coefficient (Wildman–Crippen LogP) is 1.24. The van der Waals surface area contributed by atoms with Crippen molar-refractivity contribution >= 4 is 69.2 Å². The summed E-state index contributed by atoms with van der Waals surface area (Å²) in [5.41, 5.74) is 5.37. The Morgan fingerprint density at radius 3 is 1.88 bits per heavy atom. The van der Waals surface area contributed by atoms with Crippen molar-refractivity contribution in [1.29, 1.82) is 0 Å². The van der Waals surface area contributed by atoms with E-state index >= 15 is 0 Å². The number of nitrogens with one attached hydrogen (secondary N) is 1. The summed E-state index contributed by atoms with van der Waals surface area (Å²) in [5, 5.41) is 20.1. The Bertz CT molecular complexity index is 366. The first kappa shape index (κ1) is 26.2. The van der Waals surface area contributed by atoms with Crippen LogP contribution in [-0.4, -0.2) is 92.0 Å². The van der Waals surface area contributed by atoms with Crippen LogP contribution in [0, 0.1) is 0 Å². The summed E-state index contributed by atoms with van der Waals surface area (Å²) in [6, 6.07) is -0.829. The van der Waals surface area contributed by atoms with Crippen LogP contribution in [0.3, 0.4) is 0 Å². The summed E-state index contributed by atoms with van der Waals surface area (Å²) in [6.07, 6.45) is 7.51. The number of hydrogen-bond acceptors (Lipinski definition) is 4. The van der Waals surface area contributed by atoms with E-state index in [2.05, 4.69) is 5.32 Å². The van der Waals surface area contributed by atoms with Gasteiger partial charge in [-0.1, -0.05) is 25.7 Å². The summed E-state index contributed by atoms with van der Waals surface area (Å²) in [7, 11) is 0. The second-order valence-corrected chi connectivity index (χ2v) is 5.76. The zero-order valence-electron chi connectivity index (χ0n) is 13.8. The topological polar surface area (TPSA) is 130 Å². The van der Waals surface area contributed by atoms with E-state index in [0.717, 1.165) is 38.5 Å². The van der Waals surface area contributed by atoms with Gasteiger partial charge < -0.3 is 21.3 Å². The number of carbonyl (C=O) groups is 3. The molecule has 0 saturated heterocycles. The molecule has 0 aliphatic carbocycles. The molecule has 0 bridgehead atoms. The monoisotopic (exact) mass is 370 g/mol. The molecule has 0 radical (unpaired) electrons. The molecule has 0 saturated carbocycles. The fourth-order valence-corrected chi connectivity index (χ4v) is 2.29. The molecular formula is C16H31KN2O5. The Labute approximate surface area is 186 Å². The van der Waals surface area contributed by atoms with Crippen LogP contribution in [0.15, 0.2) is 0 Å². The number of carboxylic acids is 2. The van der Waals surface area contributed by atoms with Gasteiger partial charge in [-0.15, -0.1) is 0 Å². The Hall–Kier alpha value is 0.00636.